The molecule has 0 bridgehead atoms. The Kier molecular flexibility index (Phi) is 5.46. The largest absolute Gasteiger partial charge is 0.338 e. The summed E-state index contributed by atoms with van der Waals surface area (Å²) >= 11 is 1.67. The first kappa shape index (κ1) is 19.1. The van der Waals surface area contributed by atoms with E-state index in [4.69, 9.17) is 0 Å². The van der Waals surface area contributed by atoms with Gasteiger partial charge < -0.3 is 9.80 Å². The van der Waals surface area contributed by atoms with Gasteiger partial charge in [-0.25, -0.2) is 4.98 Å². The van der Waals surface area contributed by atoms with E-state index in [1.165, 1.54) is 5.56 Å². The van der Waals surface area contributed by atoms with Crippen molar-refractivity contribution in [3.63, 3.8) is 0 Å². The molecule has 6 nitrogen and oxygen atoms in total. The van der Waals surface area contributed by atoms with Crippen LogP contribution in [0.15, 0.2) is 29.6 Å². The summed E-state index contributed by atoms with van der Waals surface area (Å²) in [5.41, 5.74) is 3.43. The highest BCUT2D eigenvalue weighted by Crippen LogP contribution is 2.25. The lowest BCUT2D eigenvalue weighted by Crippen LogP contribution is -2.57. The van der Waals surface area contributed by atoms with Gasteiger partial charge in [0.25, 0.3) is 0 Å². The van der Waals surface area contributed by atoms with Crippen LogP contribution in [0.1, 0.15) is 28.8 Å². The Morgan fingerprint density at radius 1 is 1.14 bits per heavy atom. The zero-order chi connectivity index (χ0) is 19.7. The second kappa shape index (κ2) is 8.01. The molecule has 0 saturated carbocycles. The fourth-order valence-electron chi connectivity index (χ4n) is 4.12. The number of aromatic nitrogens is 1. The summed E-state index contributed by atoms with van der Waals surface area (Å²) < 4.78 is 0. The second-order valence-electron chi connectivity index (χ2n) is 7.59. The number of nitrogens with zero attached hydrogens (tertiary/aromatic N) is 4. The van der Waals surface area contributed by atoms with E-state index in [9.17, 15) is 9.59 Å². The van der Waals surface area contributed by atoms with Crippen molar-refractivity contribution in [3.05, 3.63) is 51.5 Å². The summed E-state index contributed by atoms with van der Waals surface area (Å²) in [6.45, 7) is 8.01. The number of thiazole rings is 1. The van der Waals surface area contributed by atoms with Crippen LogP contribution in [0.25, 0.3) is 0 Å². The molecular weight excluding hydrogens is 372 g/mol. The van der Waals surface area contributed by atoms with E-state index in [-0.39, 0.29) is 17.9 Å². The van der Waals surface area contributed by atoms with Gasteiger partial charge >= 0.3 is 0 Å². The first-order chi connectivity index (χ1) is 13.5. The molecule has 2 aliphatic rings. The second-order valence-corrected chi connectivity index (χ2v) is 8.66. The number of carbonyl (C=O) groups is 2. The van der Waals surface area contributed by atoms with Gasteiger partial charge in [0.2, 0.25) is 11.8 Å². The van der Waals surface area contributed by atoms with Crippen LogP contribution in [0.5, 0.6) is 0 Å². The zero-order valence-corrected chi connectivity index (χ0v) is 17.2. The molecule has 0 N–H and O–H groups in total. The summed E-state index contributed by atoms with van der Waals surface area (Å²) in [5.74, 6) is 0.0410. The van der Waals surface area contributed by atoms with Crippen molar-refractivity contribution >= 4 is 23.2 Å². The van der Waals surface area contributed by atoms with Gasteiger partial charge in [0.15, 0.2) is 0 Å². The average Bonchev–Trinajstić information content (AvgIpc) is 3.11. The topological polar surface area (TPSA) is 56.8 Å². The Labute approximate surface area is 169 Å². The molecular formula is C21H26N4O2S. The Morgan fingerprint density at radius 2 is 1.86 bits per heavy atom. The molecule has 1 aromatic carbocycles. The summed E-state index contributed by atoms with van der Waals surface area (Å²) in [6.07, 6.45) is 0.604. The first-order valence-corrected chi connectivity index (χ1v) is 10.7. The first-order valence-electron chi connectivity index (χ1n) is 9.77. The van der Waals surface area contributed by atoms with E-state index in [0.29, 0.717) is 26.1 Å². The Morgan fingerprint density at radius 3 is 2.50 bits per heavy atom. The number of carbonyl (C=O) groups excluding carboxylic acids is 2. The van der Waals surface area contributed by atoms with E-state index < -0.39 is 0 Å². The van der Waals surface area contributed by atoms with Crippen molar-refractivity contribution in [2.45, 2.75) is 39.4 Å². The maximum atomic E-state index is 13.2. The smallest absolute Gasteiger partial charge is 0.245 e. The third-order valence-electron chi connectivity index (χ3n) is 5.67. The number of fused-ring (bicyclic) bond motifs is 1. The molecule has 1 atom stereocenters. The van der Waals surface area contributed by atoms with Crippen LogP contribution in [-0.4, -0.2) is 63.7 Å². The highest BCUT2D eigenvalue weighted by Gasteiger charge is 2.36. The predicted octanol–water partition coefficient (Wildman–Crippen LogP) is 2.07. The lowest BCUT2D eigenvalue weighted by atomic mass is 9.93. The van der Waals surface area contributed by atoms with E-state index in [1.54, 1.807) is 23.2 Å². The number of aryl methyl sites for hydroxylation is 1. The van der Waals surface area contributed by atoms with Gasteiger partial charge in [-0.15, -0.1) is 11.3 Å². The van der Waals surface area contributed by atoms with Crippen molar-refractivity contribution in [2.75, 3.05) is 26.2 Å². The van der Waals surface area contributed by atoms with Crippen molar-refractivity contribution in [3.8, 4) is 0 Å². The van der Waals surface area contributed by atoms with Crippen molar-refractivity contribution in [2.24, 2.45) is 0 Å². The molecule has 3 heterocycles. The van der Waals surface area contributed by atoms with Crippen LogP contribution in [0.4, 0.5) is 0 Å². The van der Waals surface area contributed by atoms with E-state index in [2.05, 4.69) is 21.3 Å². The van der Waals surface area contributed by atoms with Gasteiger partial charge in [-0.3, -0.25) is 14.5 Å². The molecule has 0 aliphatic carbocycles. The molecule has 2 amide bonds. The standard InChI is InChI=1S/C21H26N4O2S/c1-15-22-19(14-28-15)13-23-7-9-24(10-8-23)21(27)20-11-17-5-3-4-6-18(17)12-25(20)16(2)26/h3-6,14,20H,7-13H2,1-2H3. The van der Waals surface area contributed by atoms with Crippen LogP contribution in [0, 0.1) is 6.92 Å². The number of rotatable bonds is 3. The van der Waals surface area contributed by atoms with Gasteiger partial charge in [-0.05, 0) is 18.1 Å². The van der Waals surface area contributed by atoms with Crippen molar-refractivity contribution in [1.29, 1.82) is 0 Å². The Balaban J connectivity index is 1.40. The molecule has 2 aromatic rings. The lowest BCUT2D eigenvalue weighted by molar-refractivity contribution is -0.147. The number of amides is 2. The maximum absolute atomic E-state index is 13.2. The quantitative estimate of drug-likeness (QED) is 0.794. The minimum absolute atomic E-state index is 0.0367. The van der Waals surface area contributed by atoms with E-state index in [0.717, 1.165) is 35.9 Å². The van der Waals surface area contributed by atoms with Crippen LogP contribution < -0.4 is 0 Å². The minimum Gasteiger partial charge on any atom is -0.338 e. The number of piperazine rings is 1. The minimum atomic E-state index is -0.389. The molecule has 148 valence electrons. The van der Waals surface area contributed by atoms with Crippen molar-refractivity contribution < 1.29 is 9.59 Å². The molecule has 0 radical (unpaired) electrons. The Hall–Kier alpha value is -2.25. The molecule has 2 aliphatic heterocycles. The molecule has 4 rings (SSSR count). The molecule has 1 unspecified atom stereocenters. The van der Waals surface area contributed by atoms with Gasteiger partial charge in [0.1, 0.15) is 6.04 Å². The average molecular weight is 399 g/mol. The highest BCUT2D eigenvalue weighted by atomic mass is 32.1. The molecule has 1 saturated heterocycles. The van der Waals surface area contributed by atoms with Crippen LogP contribution in [0.3, 0.4) is 0 Å². The summed E-state index contributed by atoms with van der Waals surface area (Å²) in [5, 5.41) is 3.20. The van der Waals surface area contributed by atoms with Gasteiger partial charge in [0, 0.05) is 58.0 Å². The van der Waals surface area contributed by atoms with Crippen LogP contribution in [0.2, 0.25) is 0 Å². The summed E-state index contributed by atoms with van der Waals surface area (Å²) in [7, 11) is 0. The van der Waals surface area contributed by atoms with E-state index in [1.807, 2.05) is 30.0 Å². The SMILES string of the molecule is CC(=O)N1Cc2ccccc2CC1C(=O)N1CCN(Cc2csc(C)n2)CC1. The van der Waals surface area contributed by atoms with Gasteiger partial charge in [-0.1, -0.05) is 24.3 Å². The normalized spacial score (nSPS) is 20.1. The third-order valence-corrected chi connectivity index (χ3v) is 6.50. The van der Waals surface area contributed by atoms with Crippen molar-refractivity contribution in [1.82, 2.24) is 19.7 Å². The monoisotopic (exact) mass is 398 g/mol. The molecule has 0 spiro atoms. The number of hydrogen-bond acceptors (Lipinski definition) is 5. The molecule has 7 heteroatoms. The molecule has 28 heavy (non-hydrogen) atoms. The van der Waals surface area contributed by atoms with Gasteiger partial charge in [-0.2, -0.15) is 0 Å². The summed E-state index contributed by atoms with van der Waals surface area (Å²) in [4.78, 5) is 36.0. The van der Waals surface area contributed by atoms with Crippen LogP contribution >= 0.6 is 11.3 Å². The lowest BCUT2D eigenvalue weighted by Gasteiger charge is -2.41. The highest BCUT2D eigenvalue weighted by molar-refractivity contribution is 7.09. The maximum Gasteiger partial charge on any atom is 0.245 e. The molecule has 1 fully saturated rings. The molecule has 1 aromatic heterocycles. The van der Waals surface area contributed by atoms with Gasteiger partial charge in [0.05, 0.1) is 10.7 Å². The number of benzene rings is 1. The summed E-state index contributed by atoms with van der Waals surface area (Å²) in [6, 6.07) is 7.72. The predicted molar refractivity (Wildman–Crippen MR) is 109 cm³/mol. The van der Waals surface area contributed by atoms with E-state index >= 15 is 0 Å². The Bertz CT molecular complexity index is 873. The fraction of sp³-hybridized carbons (Fsp3) is 0.476. The fourth-order valence-corrected chi connectivity index (χ4v) is 4.73. The third kappa shape index (κ3) is 3.95. The van der Waals surface area contributed by atoms with Crippen LogP contribution in [-0.2, 0) is 29.1 Å². The zero-order valence-electron chi connectivity index (χ0n) is 16.4. The number of hydrogen-bond donors (Lipinski definition) is 0.